The summed E-state index contributed by atoms with van der Waals surface area (Å²) in [5.41, 5.74) is 2.09. The lowest BCUT2D eigenvalue weighted by Gasteiger charge is -2.07. The zero-order chi connectivity index (χ0) is 13.4. The Balaban J connectivity index is 2.01. The first-order chi connectivity index (χ1) is 9.13. The van der Waals surface area contributed by atoms with E-state index in [1.54, 1.807) is 6.07 Å². The molecule has 0 bridgehead atoms. The number of hydrogen-bond donors (Lipinski definition) is 0. The maximum absolute atomic E-state index is 6.19. The van der Waals surface area contributed by atoms with E-state index in [0.717, 1.165) is 21.5 Å². The molecule has 0 amide bonds. The van der Waals surface area contributed by atoms with Crippen molar-refractivity contribution in [2.75, 3.05) is 0 Å². The first kappa shape index (κ1) is 12.9. The van der Waals surface area contributed by atoms with E-state index in [9.17, 15) is 0 Å². The van der Waals surface area contributed by atoms with Gasteiger partial charge in [0.2, 0.25) is 0 Å². The Morgan fingerprint density at radius 2 is 1.68 bits per heavy atom. The van der Waals surface area contributed by atoms with Crippen LogP contribution in [-0.2, 0) is 6.54 Å². The largest absolute Gasteiger partial charge is 0.335 e. The highest BCUT2D eigenvalue weighted by atomic mass is 35.5. The molecule has 0 saturated heterocycles. The molecule has 1 nitrogen and oxygen atoms in total. The molecule has 1 radical (unpaired) electrons. The minimum Gasteiger partial charge on any atom is -0.335 e. The van der Waals surface area contributed by atoms with Gasteiger partial charge in [0, 0.05) is 32.5 Å². The van der Waals surface area contributed by atoms with Crippen LogP contribution in [0.5, 0.6) is 0 Å². The first-order valence-corrected chi connectivity index (χ1v) is 6.87. The molecule has 4 heteroatoms. The molecule has 3 aromatic rings. The summed E-state index contributed by atoms with van der Waals surface area (Å²) < 4.78 is 2.01. The summed E-state index contributed by atoms with van der Waals surface area (Å²) in [5, 5.41) is 3.10. The molecule has 0 spiro atoms. The lowest BCUT2D eigenvalue weighted by molar-refractivity contribution is 0.830. The van der Waals surface area contributed by atoms with Gasteiger partial charge < -0.3 is 4.57 Å². The van der Waals surface area contributed by atoms with Gasteiger partial charge in [0.05, 0.1) is 6.20 Å². The van der Waals surface area contributed by atoms with Gasteiger partial charge in [0.1, 0.15) is 0 Å². The molecular weight excluding hydrogens is 301 g/mol. The molecule has 0 aliphatic carbocycles. The van der Waals surface area contributed by atoms with Crippen molar-refractivity contribution in [3.05, 3.63) is 69.3 Å². The summed E-state index contributed by atoms with van der Waals surface area (Å²) in [4.78, 5) is 0. The summed E-state index contributed by atoms with van der Waals surface area (Å²) in [5.74, 6) is 0. The van der Waals surface area contributed by atoms with Gasteiger partial charge in [-0.15, -0.1) is 0 Å². The van der Waals surface area contributed by atoms with Gasteiger partial charge in [-0.1, -0.05) is 40.9 Å². The molecule has 0 aliphatic rings. The topological polar surface area (TPSA) is 4.93 Å². The van der Waals surface area contributed by atoms with Crippen LogP contribution in [0.3, 0.4) is 0 Å². The molecule has 0 unspecified atom stereocenters. The standard InChI is InChI=1S/C15H9Cl3N/c16-12-3-4-15-10(7-12)5-6-19(15)9-11-1-2-13(17)8-14(11)18/h1-5,7-8H,9H2. The van der Waals surface area contributed by atoms with Gasteiger partial charge >= 0.3 is 0 Å². The monoisotopic (exact) mass is 308 g/mol. The van der Waals surface area contributed by atoms with E-state index in [4.69, 9.17) is 34.8 Å². The predicted molar refractivity (Wildman–Crippen MR) is 81.3 cm³/mol. The van der Waals surface area contributed by atoms with Crippen molar-refractivity contribution in [1.82, 2.24) is 4.57 Å². The minimum absolute atomic E-state index is 0.641. The molecule has 0 atom stereocenters. The van der Waals surface area contributed by atoms with Crippen LogP contribution < -0.4 is 0 Å². The van der Waals surface area contributed by atoms with Crippen LogP contribution in [0, 0.1) is 6.20 Å². The van der Waals surface area contributed by atoms with Crippen LogP contribution in [-0.4, -0.2) is 4.57 Å². The Kier molecular flexibility index (Phi) is 3.44. The van der Waals surface area contributed by atoms with E-state index in [0.29, 0.717) is 16.6 Å². The number of benzene rings is 2. The van der Waals surface area contributed by atoms with Gasteiger partial charge in [-0.2, -0.15) is 0 Å². The number of hydrogen-bond acceptors (Lipinski definition) is 0. The summed E-state index contributed by atoms with van der Waals surface area (Å²) >= 11 is 18.1. The molecule has 0 aliphatic heterocycles. The third-order valence-electron chi connectivity index (χ3n) is 3.00. The van der Waals surface area contributed by atoms with Crippen molar-refractivity contribution >= 4 is 45.7 Å². The maximum atomic E-state index is 6.19. The van der Waals surface area contributed by atoms with Crippen molar-refractivity contribution in [3.8, 4) is 0 Å². The van der Waals surface area contributed by atoms with Crippen molar-refractivity contribution in [1.29, 1.82) is 0 Å². The van der Waals surface area contributed by atoms with E-state index < -0.39 is 0 Å². The quantitative estimate of drug-likeness (QED) is 0.593. The molecule has 0 fully saturated rings. The fraction of sp³-hybridized carbons (Fsp3) is 0.0667. The second-order valence-electron chi connectivity index (χ2n) is 4.30. The van der Waals surface area contributed by atoms with E-state index in [2.05, 4.69) is 6.20 Å². The minimum atomic E-state index is 0.641. The molecule has 19 heavy (non-hydrogen) atoms. The Morgan fingerprint density at radius 1 is 0.947 bits per heavy atom. The molecule has 1 heterocycles. The lowest BCUT2D eigenvalue weighted by Crippen LogP contribution is -1.98. The second-order valence-corrected chi connectivity index (χ2v) is 5.58. The number of rotatable bonds is 2. The predicted octanol–water partition coefficient (Wildman–Crippen LogP) is 5.45. The first-order valence-electron chi connectivity index (χ1n) is 5.74. The third kappa shape index (κ3) is 2.59. The molecule has 95 valence electrons. The summed E-state index contributed by atoms with van der Waals surface area (Å²) in [6.45, 7) is 0.654. The van der Waals surface area contributed by atoms with Crippen molar-refractivity contribution in [3.63, 3.8) is 0 Å². The summed E-state index contributed by atoms with van der Waals surface area (Å²) in [6.07, 6.45) is 3.20. The van der Waals surface area contributed by atoms with Crippen LogP contribution in [0.15, 0.2) is 42.5 Å². The molecule has 0 N–H and O–H groups in total. The van der Waals surface area contributed by atoms with E-state index in [1.165, 1.54) is 0 Å². The SMILES string of the molecule is Clc1ccc(Cn2[c]cc3cc(Cl)ccc32)c(Cl)c1. The van der Waals surface area contributed by atoms with Gasteiger partial charge in [-0.25, -0.2) is 0 Å². The highest BCUT2D eigenvalue weighted by Gasteiger charge is 2.06. The lowest BCUT2D eigenvalue weighted by atomic mass is 10.2. The average molecular weight is 310 g/mol. The Morgan fingerprint density at radius 3 is 2.47 bits per heavy atom. The zero-order valence-corrected chi connectivity index (χ0v) is 12.1. The van der Waals surface area contributed by atoms with Gasteiger partial charge in [-0.3, -0.25) is 0 Å². The highest BCUT2D eigenvalue weighted by molar-refractivity contribution is 6.35. The Hall–Kier alpha value is -1.15. The number of nitrogens with zero attached hydrogens (tertiary/aromatic N) is 1. The van der Waals surface area contributed by atoms with Gasteiger partial charge in [-0.05, 0) is 42.0 Å². The Labute approximate surface area is 126 Å². The fourth-order valence-corrected chi connectivity index (χ4v) is 2.70. The smallest absolute Gasteiger partial charge is 0.0662 e. The highest BCUT2D eigenvalue weighted by Crippen LogP contribution is 2.25. The van der Waals surface area contributed by atoms with Crippen molar-refractivity contribution in [2.45, 2.75) is 6.54 Å². The second kappa shape index (κ2) is 5.09. The van der Waals surface area contributed by atoms with E-state index in [1.807, 2.05) is 41.0 Å². The number of fused-ring (bicyclic) bond motifs is 1. The number of aromatic nitrogens is 1. The normalized spacial score (nSPS) is 11.1. The molecular formula is C15H9Cl3N. The average Bonchev–Trinajstić information content (AvgIpc) is 2.75. The van der Waals surface area contributed by atoms with Crippen LogP contribution in [0.4, 0.5) is 0 Å². The zero-order valence-electron chi connectivity index (χ0n) is 9.83. The van der Waals surface area contributed by atoms with Crippen molar-refractivity contribution in [2.24, 2.45) is 0 Å². The van der Waals surface area contributed by atoms with Gasteiger partial charge in [0.15, 0.2) is 0 Å². The van der Waals surface area contributed by atoms with Crippen LogP contribution >= 0.6 is 34.8 Å². The fourth-order valence-electron chi connectivity index (χ4n) is 2.05. The third-order valence-corrected chi connectivity index (χ3v) is 3.82. The molecule has 1 aromatic heterocycles. The summed E-state index contributed by atoms with van der Waals surface area (Å²) in [6, 6.07) is 13.2. The van der Waals surface area contributed by atoms with Gasteiger partial charge in [0.25, 0.3) is 0 Å². The van der Waals surface area contributed by atoms with Crippen molar-refractivity contribution < 1.29 is 0 Å². The van der Waals surface area contributed by atoms with Crippen LogP contribution in [0.25, 0.3) is 10.9 Å². The molecule has 3 rings (SSSR count). The molecule has 2 aromatic carbocycles. The Bertz CT molecular complexity index is 746. The maximum Gasteiger partial charge on any atom is 0.0662 e. The van der Waals surface area contributed by atoms with E-state index in [-0.39, 0.29) is 0 Å². The van der Waals surface area contributed by atoms with E-state index >= 15 is 0 Å². The van der Waals surface area contributed by atoms with Crippen LogP contribution in [0.2, 0.25) is 15.1 Å². The van der Waals surface area contributed by atoms with Crippen LogP contribution in [0.1, 0.15) is 5.56 Å². The molecule has 0 saturated carbocycles. The summed E-state index contributed by atoms with van der Waals surface area (Å²) in [7, 11) is 0. The number of halogens is 3.